The summed E-state index contributed by atoms with van der Waals surface area (Å²) >= 11 is 1.38. The van der Waals surface area contributed by atoms with Gasteiger partial charge in [0.25, 0.3) is 0 Å². The van der Waals surface area contributed by atoms with Gasteiger partial charge < -0.3 is 0 Å². The first kappa shape index (κ1) is 20.2. The van der Waals surface area contributed by atoms with Gasteiger partial charge in [-0.2, -0.15) is 0 Å². The number of rotatable bonds is 8. The van der Waals surface area contributed by atoms with Gasteiger partial charge in [0.05, 0.1) is 0 Å². The first-order valence-corrected chi connectivity index (χ1v) is 11.1. The molecular weight excluding hydrogens is 364 g/mol. The topological polar surface area (TPSA) is 86.6 Å². The van der Waals surface area contributed by atoms with Crippen molar-refractivity contribution in [3.8, 4) is 0 Å². The van der Waals surface area contributed by atoms with Gasteiger partial charge in [-0.3, -0.25) is 0 Å². The van der Waals surface area contributed by atoms with Crippen LogP contribution in [0.5, 0.6) is 0 Å². The van der Waals surface area contributed by atoms with Crippen LogP contribution in [0.3, 0.4) is 0 Å². The molecule has 1 amide bonds. The summed E-state index contributed by atoms with van der Waals surface area (Å²) in [5.41, 5.74) is -0.316. The van der Waals surface area contributed by atoms with E-state index < -0.39 is 14.1 Å². The van der Waals surface area contributed by atoms with Crippen molar-refractivity contribution in [2.75, 3.05) is 6.54 Å². The molecule has 22 heavy (non-hydrogen) atoms. The summed E-state index contributed by atoms with van der Waals surface area (Å²) in [5.74, 6) is 0.481. The Morgan fingerprint density at radius 2 is 1.91 bits per heavy atom. The molecule has 0 radical (unpaired) electrons. The second-order valence-electron chi connectivity index (χ2n) is 6.75. The van der Waals surface area contributed by atoms with Gasteiger partial charge in [-0.15, -0.1) is 0 Å². The first-order valence-electron chi connectivity index (χ1n) is 8.27. The van der Waals surface area contributed by atoms with Crippen LogP contribution in [0.15, 0.2) is 0 Å². The Bertz CT molecular complexity index is 375. The summed E-state index contributed by atoms with van der Waals surface area (Å²) in [6.07, 6.45) is 4.93. The van der Waals surface area contributed by atoms with Crippen molar-refractivity contribution >= 4 is 30.8 Å². The molecule has 3 N–H and O–H groups in total. The summed E-state index contributed by atoms with van der Waals surface area (Å²) in [7, 11) is -2.65. The van der Waals surface area contributed by atoms with Gasteiger partial charge in [-0.1, -0.05) is 0 Å². The molecule has 1 fully saturated rings. The Morgan fingerprint density at radius 3 is 2.41 bits per heavy atom. The molecule has 0 aromatic carbocycles. The van der Waals surface area contributed by atoms with Crippen LogP contribution in [0.25, 0.3) is 0 Å². The molecule has 3 unspecified atom stereocenters. The van der Waals surface area contributed by atoms with Crippen molar-refractivity contribution in [2.24, 2.45) is 11.8 Å². The van der Waals surface area contributed by atoms with Crippen LogP contribution in [0, 0.1) is 11.8 Å². The molecule has 7 heteroatoms. The van der Waals surface area contributed by atoms with Gasteiger partial charge in [0.15, 0.2) is 0 Å². The van der Waals surface area contributed by atoms with E-state index in [0.717, 1.165) is 25.7 Å². The minimum atomic E-state index is -2.65. The van der Waals surface area contributed by atoms with Gasteiger partial charge in [-0.05, 0) is 0 Å². The van der Waals surface area contributed by atoms with Crippen molar-refractivity contribution in [3.63, 3.8) is 0 Å². The molecule has 1 aliphatic rings. The molecule has 0 heterocycles. The predicted octanol–water partition coefficient (Wildman–Crippen LogP) is 1.35. The van der Waals surface area contributed by atoms with Crippen molar-refractivity contribution in [2.45, 2.75) is 68.8 Å². The van der Waals surface area contributed by atoms with E-state index in [2.05, 4.69) is 5.32 Å². The zero-order valence-electron chi connectivity index (χ0n) is 13.6. The SMILES string of the molecule is CC(C)[C@@H]([AsH2])C(=O)NC[C@H](O)CC(C1CCCCC1)[PH](=O)O. The predicted molar refractivity (Wildman–Crippen MR) is 92.3 cm³/mol. The number of carbonyl (C=O) groups is 1. The number of aliphatic hydroxyl groups excluding tert-OH is 1. The van der Waals surface area contributed by atoms with Crippen LogP contribution < -0.4 is 5.32 Å². The quantitative estimate of drug-likeness (QED) is 0.428. The third kappa shape index (κ3) is 6.74. The fourth-order valence-electron chi connectivity index (χ4n) is 3.05. The van der Waals surface area contributed by atoms with E-state index in [1.165, 1.54) is 23.3 Å². The molecule has 5 nitrogen and oxygen atoms in total. The number of hydrogen-bond donors (Lipinski definition) is 3. The Kier molecular flexibility index (Phi) is 9.31. The van der Waals surface area contributed by atoms with Crippen LogP contribution >= 0.6 is 8.03 Å². The van der Waals surface area contributed by atoms with Crippen molar-refractivity contribution in [1.82, 2.24) is 5.32 Å². The number of aliphatic hydroxyl groups is 1. The van der Waals surface area contributed by atoms with Gasteiger partial charge in [0, 0.05) is 0 Å². The third-order valence-corrected chi connectivity index (χ3v) is 8.19. The molecule has 0 aromatic heterocycles. The zero-order valence-corrected chi connectivity index (χ0v) is 17.0. The molecule has 130 valence electrons. The minimum absolute atomic E-state index is 0.0363. The van der Waals surface area contributed by atoms with Crippen molar-refractivity contribution in [1.29, 1.82) is 0 Å². The van der Waals surface area contributed by atoms with Crippen LogP contribution in [0.2, 0.25) is 4.71 Å². The summed E-state index contributed by atoms with van der Waals surface area (Å²) in [4.78, 5) is 21.5. The van der Waals surface area contributed by atoms with Crippen LogP contribution in [-0.4, -0.2) is 51.1 Å². The second kappa shape index (κ2) is 10.1. The maximum absolute atomic E-state index is 11.9. The normalized spacial score (nSPS) is 22.1. The molecule has 1 saturated carbocycles. The van der Waals surface area contributed by atoms with E-state index in [9.17, 15) is 19.4 Å². The molecule has 1 rings (SSSR count). The zero-order chi connectivity index (χ0) is 16.7. The van der Waals surface area contributed by atoms with E-state index in [4.69, 9.17) is 0 Å². The number of hydrogen-bond acceptors (Lipinski definition) is 3. The standard InChI is InChI=1S/C15H31AsNO4P/c1-10(2)14(16)15(19)17-9-12(18)8-13(22(20)21)11-6-4-3-5-7-11/h10-14,18,22H,3-9,16H2,1-2H3,(H,17,19)(H,20,21)/t12-,13?,14-/m1/s1. The molecule has 0 aromatic rings. The van der Waals surface area contributed by atoms with Gasteiger partial charge in [0.1, 0.15) is 0 Å². The van der Waals surface area contributed by atoms with Crippen molar-refractivity contribution in [3.05, 3.63) is 0 Å². The average molecular weight is 395 g/mol. The summed E-state index contributed by atoms with van der Waals surface area (Å²) in [6, 6.07) is 0. The summed E-state index contributed by atoms with van der Waals surface area (Å²) in [6.45, 7) is 4.17. The van der Waals surface area contributed by atoms with E-state index in [1.807, 2.05) is 13.8 Å². The second-order valence-corrected chi connectivity index (χ2v) is 9.67. The Hall–Kier alpha value is 0.178. The average Bonchev–Trinajstić information content (AvgIpc) is 2.49. The van der Waals surface area contributed by atoms with E-state index in [1.54, 1.807) is 0 Å². The van der Waals surface area contributed by atoms with Crippen LogP contribution in [0.1, 0.15) is 52.4 Å². The van der Waals surface area contributed by atoms with Gasteiger partial charge in [0.2, 0.25) is 0 Å². The summed E-state index contributed by atoms with van der Waals surface area (Å²) in [5, 5.41) is 12.9. The number of amides is 1. The molecule has 0 saturated heterocycles. The molecule has 0 aliphatic heterocycles. The fraction of sp³-hybridized carbons (Fsp3) is 0.933. The van der Waals surface area contributed by atoms with Gasteiger partial charge in [-0.25, -0.2) is 0 Å². The maximum atomic E-state index is 11.9. The van der Waals surface area contributed by atoms with Gasteiger partial charge >= 0.3 is 143 Å². The first-order chi connectivity index (χ1) is 10.3. The molecule has 0 spiro atoms. The van der Waals surface area contributed by atoms with E-state index >= 15 is 0 Å². The molecular formula is C15H31AsNO4P. The molecule has 1 aliphatic carbocycles. The van der Waals surface area contributed by atoms with Crippen LogP contribution in [0.4, 0.5) is 0 Å². The fourth-order valence-corrected chi connectivity index (χ4v) is 4.50. The van der Waals surface area contributed by atoms with E-state index in [-0.39, 0.29) is 34.7 Å². The monoisotopic (exact) mass is 395 g/mol. The molecule has 0 bridgehead atoms. The van der Waals surface area contributed by atoms with Crippen molar-refractivity contribution < 1.29 is 19.4 Å². The Labute approximate surface area is 143 Å². The molecule has 5 atom stereocenters. The summed E-state index contributed by atoms with van der Waals surface area (Å²) < 4.78 is 11.6. The van der Waals surface area contributed by atoms with Crippen LogP contribution in [-0.2, 0) is 9.36 Å². The third-order valence-electron chi connectivity index (χ3n) is 4.59. The number of carbonyl (C=O) groups excluding carboxylic acids is 1. The number of nitrogens with one attached hydrogen (secondary N) is 1. The Morgan fingerprint density at radius 1 is 1.32 bits per heavy atom. The van der Waals surface area contributed by atoms with E-state index in [0.29, 0.717) is 6.42 Å². The Balaban J connectivity index is 2.45.